The Morgan fingerprint density at radius 2 is 1.12 bits per heavy atom. The first kappa shape index (κ1) is 41.7. The lowest BCUT2D eigenvalue weighted by Gasteiger charge is -2.24. The number of benzene rings is 2. The number of pyridine rings is 2. The van der Waals surface area contributed by atoms with Crippen molar-refractivity contribution in [3.05, 3.63) is 143 Å². The second kappa shape index (κ2) is 18.2. The van der Waals surface area contributed by atoms with E-state index >= 15 is 0 Å². The van der Waals surface area contributed by atoms with Gasteiger partial charge in [-0.05, 0) is 59.7 Å². The Balaban J connectivity index is 0.000000181. The quantitative estimate of drug-likeness (QED) is 0.126. The monoisotopic (exact) mass is 834 g/mol. The van der Waals surface area contributed by atoms with Gasteiger partial charge in [-0.3, -0.25) is 9.59 Å². The predicted octanol–water partition coefficient (Wildman–Crippen LogP) is 6.40. The number of anilines is 2. The molecule has 20 heteroatoms. The van der Waals surface area contributed by atoms with Crippen molar-refractivity contribution in [2.24, 2.45) is 0 Å². The molecule has 2 aliphatic heterocycles. The van der Waals surface area contributed by atoms with E-state index in [-0.39, 0.29) is 35.0 Å². The number of morpholine rings is 2. The minimum absolute atomic E-state index is 0.0158. The molecule has 2 aliphatic rings. The van der Waals surface area contributed by atoms with Gasteiger partial charge in [-0.25, -0.2) is 19.3 Å². The van der Waals surface area contributed by atoms with Crippen LogP contribution in [0, 0.1) is 0 Å². The molecule has 2 fully saturated rings. The van der Waals surface area contributed by atoms with E-state index in [0.717, 1.165) is 72.6 Å². The zero-order valence-electron chi connectivity index (χ0n) is 31.4. The molecule has 6 heterocycles. The van der Waals surface area contributed by atoms with Crippen LogP contribution in [-0.4, -0.2) is 80.7 Å². The first-order valence-electron chi connectivity index (χ1n) is 18.4. The molecule has 6 aromatic rings. The molecule has 0 aliphatic carbocycles. The number of alkyl halides is 6. The number of halogens is 6. The lowest BCUT2D eigenvalue weighted by atomic mass is 10.1. The van der Waals surface area contributed by atoms with Gasteiger partial charge >= 0.3 is 12.4 Å². The van der Waals surface area contributed by atoms with Gasteiger partial charge in [0.25, 0.3) is 11.8 Å². The van der Waals surface area contributed by atoms with Gasteiger partial charge in [-0.15, -0.1) is 0 Å². The third kappa shape index (κ3) is 10.6. The lowest BCUT2D eigenvalue weighted by Crippen LogP contribution is -2.33. The minimum Gasteiger partial charge on any atom is -0.371 e. The Kier molecular flexibility index (Phi) is 12.6. The van der Waals surface area contributed by atoms with Crippen molar-refractivity contribution in [3.63, 3.8) is 0 Å². The molecular weight excluding hydrogens is 798 g/mol. The molecular formula is C40H36F6N10O4. The fourth-order valence-electron chi connectivity index (χ4n) is 6.07. The maximum absolute atomic E-state index is 12.9. The summed E-state index contributed by atoms with van der Waals surface area (Å²) >= 11 is 0. The summed E-state index contributed by atoms with van der Waals surface area (Å²) in [5, 5.41) is 20.0. The molecule has 2 aromatic carbocycles. The summed E-state index contributed by atoms with van der Waals surface area (Å²) in [6, 6.07) is 18.5. The van der Waals surface area contributed by atoms with Gasteiger partial charge in [0.05, 0.1) is 60.1 Å². The first-order valence-corrected chi connectivity index (χ1v) is 18.4. The van der Waals surface area contributed by atoms with Crippen molar-refractivity contribution in [2.75, 3.05) is 50.0 Å². The van der Waals surface area contributed by atoms with E-state index < -0.39 is 35.3 Å². The van der Waals surface area contributed by atoms with Crippen LogP contribution in [0.2, 0.25) is 0 Å². The van der Waals surface area contributed by atoms with Crippen LogP contribution in [0.25, 0.3) is 11.6 Å². The number of aromatic nitrogens is 6. The average Bonchev–Trinajstić information content (AvgIpc) is 3.97. The molecule has 0 bridgehead atoms. The van der Waals surface area contributed by atoms with Crippen LogP contribution in [0.3, 0.4) is 0 Å². The molecule has 4 aromatic heterocycles. The summed E-state index contributed by atoms with van der Waals surface area (Å²) < 4.78 is 90.3. The molecule has 2 atom stereocenters. The van der Waals surface area contributed by atoms with Crippen molar-refractivity contribution < 1.29 is 45.4 Å². The smallest absolute Gasteiger partial charge is 0.371 e. The van der Waals surface area contributed by atoms with Gasteiger partial charge in [0, 0.05) is 62.3 Å². The van der Waals surface area contributed by atoms with E-state index in [0.29, 0.717) is 24.6 Å². The number of ether oxygens (including phenoxy) is 2. The Morgan fingerprint density at radius 3 is 1.55 bits per heavy atom. The molecule has 0 unspecified atom stereocenters. The second-order valence-corrected chi connectivity index (χ2v) is 13.4. The van der Waals surface area contributed by atoms with E-state index in [1.54, 1.807) is 24.3 Å². The van der Waals surface area contributed by atoms with Gasteiger partial charge in [0.2, 0.25) is 0 Å². The third-order valence-electron chi connectivity index (χ3n) is 9.24. The number of nitrogens with zero attached hydrogens (tertiary/aromatic N) is 6. The zero-order chi connectivity index (χ0) is 42.3. The van der Waals surface area contributed by atoms with E-state index in [1.165, 1.54) is 35.5 Å². The van der Waals surface area contributed by atoms with Crippen LogP contribution in [0.1, 0.15) is 55.2 Å². The number of rotatable bonds is 8. The summed E-state index contributed by atoms with van der Waals surface area (Å²) in [6.07, 6.45) is -1.89. The van der Waals surface area contributed by atoms with Gasteiger partial charge in [0.1, 0.15) is 0 Å². The Morgan fingerprint density at radius 1 is 0.617 bits per heavy atom. The average molecular weight is 835 g/mol. The molecule has 60 heavy (non-hydrogen) atoms. The summed E-state index contributed by atoms with van der Waals surface area (Å²) in [6.45, 7) is 4.43. The topological polar surface area (TPSA) is 162 Å². The molecule has 4 N–H and O–H groups in total. The summed E-state index contributed by atoms with van der Waals surface area (Å²) in [4.78, 5) is 32.6. The van der Waals surface area contributed by atoms with Crippen LogP contribution in [-0.2, 0) is 21.8 Å². The molecule has 14 nitrogen and oxygen atoms in total. The first-order chi connectivity index (χ1) is 28.8. The predicted molar refractivity (Wildman–Crippen MR) is 205 cm³/mol. The SMILES string of the molecule is O=C(Nc1ccc([C@H]2CNCCO2)cc1)c1cnn(-c2cc(C(F)(F)F)ccn2)c1.O=C(Nc1ccc([C@H]2CNCCO2)cc1)c1cnn(-c2ccc(C(F)(F)F)cn2)c1. The van der Waals surface area contributed by atoms with Crippen molar-refractivity contribution >= 4 is 23.2 Å². The largest absolute Gasteiger partial charge is 0.417 e. The number of carbonyl (C=O) groups excluding carboxylic acids is 2. The fraction of sp³-hybridized carbons (Fsp3) is 0.250. The molecule has 312 valence electrons. The zero-order valence-corrected chi connectivity index (χ0v) is 31.4. The van der Waals surface area contributed by atoms with Crippen molar-refractivity contribution in [1.29, 1.82) is 0 Å². The summed E-state index contributed by atoms with van der Waals surface area (Å²) in [5.41, 5.74) is 1.95. The second-order valence-electron chi connectivity index (χ2n) is 13.4. The number of carbonyl (C=O) groups is 2. The highest BCUT2D eigenvalue weighted by atomic mass is 19.4. The lowest BCUT2D eigenvalue weighted by molar-refractivity contribution is -0.138. The Labute approximate surface area is 337 Å². The standard InChI is InChI=1S/2C20H18F3N5O2/c21-20(22,23)15-3-6-18(25-10-15)28-12-14(9-26-28)19(29)27-16-4-1-13(2-5-16)17-11-24-7-8-30-17;21-20(22,23)15-5-6-25-18(9-15)28-12-14(10-26-28)19(29)27-16-3-1-13(2-4-16)17-11-24-7-8-30-17/h2*1-6,9-10,12,17,24H,7-8,11H2,(H,27,29)/t2*17-/m11/s1. The number of nitrogens with one attached hydrogen (secondary N) is 4. The van der Waals surface area contributed by atoms with Gasteiger partial charge < -0.3 is 30.7 Å². The number of amides is 2. The molecule has 2 amide bonds. The highest BCUT2D eigenvalue weighted by molar-refractivity contribution is 6.04. The van der Waals surface area contributed by atoms with Crippen molar-refractivity contribution in [3.8, 4) is 11.6 Å². The van der Waals surface area contributed by atoms with E-state index in [9.17, 15) is 35.9 Å². The van der Waals surface area contributed by atoms with Gasteiger partial charge in [-0.1, -0.05) is 24.3 Å². The van der Waals surface area contributed by atoms with Crippen molar-refractivity contribution in [1.82, 2.24) is 40.2 Å². The van der Waals surface area contributed by atoms with E-state index in [1.807, 2.05) is 24.3 Å². The summed E-state index contributed by atoms with van der Waals surface area (Å²) in [5.74, 6) is -0.685. The molecule has 8 rings (SSSR count). The Bertz CT molecular complexity index is 2370. The maximum Gasteiger partial charge on any atom is 0.417 e. The normalized spacial score (nSPS) is 17.0. The molecule has 0 spiro atoms. The Hall–Kier alpha value is -6.48. The van der Waals surface area contributed by atoms with Crippen LogP contribution < -0.4 is 21.3 Å². The third-order valence-corrected chi connectivity index (χ3v) is 9.24. The van der Waals surface area contributed by atoms with Crippen molar-refractivity contribution in [2.45, 2.75) is 24.6 Å². The minimum atomic E-state index is -4.49. The maximum atomic E-state index is 12.9. The van der Waals surface area contributed by atoms with Crippen LogP contribution in [0.15, 0.2) is 110 Å². The molecule has 0 radical (unpaired) electrons. The van der Waals surface area contributed by atoms with E-state index in [2.05, 4.69) is 41.4 Å². The van der Waals surface area contributed by atoms with Crippen LogP contribution >= 0.6 is 0 Å². The van der Waals surface area contributed by atoms with Gasteiger partial charge in [0.15, 0.2) is 11.6 Å². The number of hydrogen-bond acceptors (Lipinski definition) is 10. The highest BCUT2D eigenvalue weighted by Gasteiger charge is 2.32. The summed E-state index contributed by atoms with van der Waals surface area (Å²) in [7, 11) is 0. The van der Waals surface area contributed by atoms with Crippen LogP contribution in [0.4, 0.5) is 37.7 Å². The van der Waals surface area contributed by atoms with Gasteiger partial charge in [-0.2, -0.15) is 36.5 Å². The van der Waals surface area contributed by atoms with Crippen LogP contribution in [0.5, 0.6) is 0 Å². The number of hydrogen-bond donors (Lipinski definition) is 4. The molecule has 2 saturated heterocycles. The fourth-order valence-corrected chi connectivity index (χ4v) is 6.07. The van der Waals surface area contributed by atoms with E-state index in [4.69, 9.17) is 9.47 Å². The highest BCUT2D eigenvalue weighted by Crippen LogP contribution is 2.30. The molecule has 0 saturated carbocycles.